The van der Waals surface area contributed by atoms with Gasteiger partial charge in [-0.05, 0) is 30.2 Å². The van der Waals surface area contributed by atoms with Crippen LogP contribution in [-0.4, -0.2) is 43.9 Å². The maximum Gasteiger partial charge on any atom is 0.243 e. The number of hydrogen-bond acceptors (Lipinski definition) is 5. The third-order valence-corrected chi connectivity index (χ3v) is 8.27. The van der Waals surface area contributed by atoms with Gasteiger partial charge in [-0.25, -0.2) is 17.8 Å². The van der Waals surface area contributed by atoms with E-state index in [4.69, 9.17) is 16.6 Å². The minimum atomic E-state index is -3.71. The summed E-state index contributed by atoms with van der Waals surface area (Å²) in [7, 11) is -3.71. The smallest absolute Gasteiger partial charge is 0.243 e. The molecule has 0 N–H and O–H groups in total. The summed E-state index contributed by atoms with van der Waals surface area (Å²) in [5.74, 6) is -0.635. The Bertz CT molecular complexity index is 1140. The van der Waals surface area contributed by atoms with Crippen molar-refractivity contribution in [2.75, 3.05) is 31.1 Å². The number of thiazole rings is 1. The third kappa shape index (κ3) is 4.23. The van der Waals surface area contributed by atoms with Gasteiger partial charge in [0.1, 0.15) is 5.82 Å². The number of anilines is 1. The molecule has 3 aromatic rings. The van der Waals surface area contributed by atoms with Crippen molar-refractivity contribution in [1.82, 2.24) is 9.29 Å². The van der Waals surface area contributed by atoms with Crippen molar-refractivity contribution in [3.63, 3.8) is 0 Å². The molecule has 0 aliphatic carbocycles. The maximum atomic E-state index is 13.4. The number of nitrogens with zero attached hydrogens (tertiary/aromatic N) is 3. The monoisotopic (exact) mass is 465 g/mol. The van der Waals surface area contributed by atoms with Gasteiger partial charge in [-0.2, -0.15) is 4.31 Å². The number of hydrogen-bond donors (Lipinski definition) is 0. The Balaban J connectivity index is 1.44. The van der Waals surface area contributed by atoms with Crippen LogP contribution < -0.4 is 4.90 Å². The second-order valence-electron chi connectivity index (χ2n) is 7.03. The van der Waals surface area contributed by atoms with Crippen LogP contribution >= 0.6 is 22.9 Å². The summed E-state index contributed by atoms with van der Waals surface area (Å²) in [5.41, 5.74) is 3.28. The predicted octanol–water partition coefficient (Wildman–Crippen LogP) is 4.68. The lowest BCUT2D eigenvalue weighted by molar-refractivity contribution is 0.384. The Labute approximate surface area is 184 Å². The average Bonchev–Trinajstić information content (AvgIpc) is 3.26. The van der Waals surface area contributed by atoms with Gasteiger partial charge in [-0.15, -0.1) is 11.3 Å². The quantitative estimate of drug-likeness (QED) is 0.549. The highest BCUT2D eigenvalue weighted by molar-refractivity contribution is 7.89. The summed E-state index contributed by atoms with van der Waals surface area (Å²) in [6, 6.07) is 11.9. The Kier molecular flexibility index (Phi) is 6.11. The fraction of sp³-hybridized carbons (Fsp3) is 0.286. The van der Waals surface area contributed by atoms with Crippen LogP contribution in [-0.2, 0) is 16.4 Å². The molecule has 0 spiro atoms. The predicted molar refractivity (Wildman–Crippen MR) is 119 cm³/mol. The van der Waals surface area contributed by atoms with Crippen molar-refractivity contribution in [2.24, 2.45) is 0 Å². The van der Waals surface area contributed by atoms with Gasteiger partial charge in [0.25, 0.3) is 0 Å². The van der Waals surface area contributed by atoms with Crippen molar-refractivity contribution in [1.29, 1.82) is 0 Å². The summed E-state index contributed by atoms with van der Waals surface area (Å²) in [5, 5.41) is 2.71. The Morgan fingerprint density at radius 2 is 1.80 bits per heavy atom. The number of sulfonamides is 1. The van der Waals surface area contributed by atoms with Crippen LogP contribution in [0.2, 0.25) is 5.02 Å². The molecule has 1 aromatic heterocycles. The molecule has 0 bridgehead atoms. The molecule has 1 saturated heterocycles. The number of aromatic nitrogens is 1. The molecule has 0 unspecified atom stereocenters. The molecule has 2 heterocycles. The standard InChI is InChI=1S/C21H21ClFN3O2S2/c1-2-15-3-5-16(6-4-15)20-14-29-21(24-20)25-9-11-26(12-10-25)30(27,28)17-7-8-19(23)18(22)13-17/h3-8,13-14H,2,9-12H2,1H3. The van der Waals surface area contributed by atoms with Gasteiger partial charge >= 0.3 is 0 Å². The Morgan fingerprint density at radius 1 is 1.10 bits per heavy atom. The summed E-state index contributed by atoms with van der Waals surface area (Å²) in [6.07, 6.45) is 1.000. The van der Waals surface area contributed by atoms with E-state index in [1.54, 1.807) is 11.3 Å². The number of benzene rings is 2. The van der Waals surface area contributed by atoms with Crippen molar-refractivity contribution in [3.8, 4) is 11.3 Å². The van der Waals surface area contributed by atoms with Gasteiger partial charge in [0.15, 0.2) is 5.13 Å². The van der Waals surface area contributed by atoms with Crippen molar-refractivity contribution >= 4 is 38.1 Å². The minimum Gasteiger partial charge on any atom is -0.345 e. The van der Waals surface area contributed by atoms with Gasteiger partial charge < -0.3 is 4.90 Å². The van der Waals surface area contributed by atoms with Crippen LogP contribution in [0.3, 0.4) is 0 Å². The molecular weight excluding hydrogens is 445 g/mol. The lowest BCUT2D eigenvalue weighted by Crippen LogP contribution is -2.48. The highest BCUT2D eigenvalue weighted by atomic mass is 35.5. The van der Waals surface area contributed by atoms with Crippen LogP contribution in [0.15, 0.2) is 52.7 Å². The molecule has 1 aliphatic heterocycles. The van der Waals surface area contributed by atoms with Gasteiger partial charge in [-0.3, -0.25) is 0 Å². The largest absolute Gasteiger partial charge is 0.345 e. The van der Waals surface area contributed by atoms with Gasteiger partial charge in [0.2, 0.25) is 10.0 Å². The van der Waals surface area contributed by atoms with E-state index in [2.05, 4.69) is 36.1 Å². The number of aryl methyl sites for hydroxylation is 1. The minimum absolute atomic E-state index is 0.00871. The SMILES string of the molecule is CCc1ccc(-c2csc(N3CCN(S(=O)(=O)c4ccc(F)c(Cl)c4)CC3)n2)cc1. The van der Waals surface area contributed by atoms with E-state index in [9.17, 15) is 12.8 Å². The number of piperazine rings is 1. The van der Waals surface area contributed by atoms with E-state index in [0.717, 1.165) is 34.9 Å². The molecule has 4 rings (SSSR count). The second kappa shape index (κ2) is 8.63. The van der Waals surface area contributed by atoms with Crippen molar-refractivity contribution in [3.05, 3.63) is 64.2 Å². The van der Waals surface area contributed by atoms with Crippen LogP contribution in [0.25, 0.3) is 11.3 Å². The molecule has 0 radical (unpaired) electrons. The van der Waals surface area contributed by atoms with Gasteiger partial charge in [-0.1, -0.05) is 42.8 Å². The fourth-order valence-electron chi connectivity index (χ4n) is 3.36. The first-order valence-electron chi connectivity index (χ1n) is 9.63. The normalized spacial score (nSPS) is 15.5. The summed E-state index contributed by atoms with van der Waals surface area (Å²) in [6.45, 7) is 3.86. The summed E-state index contributed by atoms with van der Waals surface area (Å²) in [4.78, 5) is 6.85. The molecule has 5 nitrogen and oxygen atoms in total. The molecule has 30 heavy (non-hydrogen) atoms. The zero-order valence-electron chi connectivity index (χ0n) is 16.4. The topological polar surface area (TPSA) is 53.5 Å². The fourth-order valence-corrected chi connectivity index (χ4v) is 5.94. The Hall–Kier alpha value is -2.00. The van der Waals surface area contributed by atoms with Crippen LogP contribution in [0.1, 0.15) is 12.5 Å². The van der Waals surface area contributed by atoms with Crippen LogP contribution in [0, 0.1) is 5.82 Å². The number of halogens is 2. The first-order valence-corrected chi connectivity index (χ1v) is 12.3. The highest BCUT2D eigenvalue weighted by Gasteiger charge is 2.30. The third-order valence-electron chi connectivity index (χ3n) is 5.19. The van der Waals surface area contributed by atoms with Crippen molar-refractivity contribution < 1.29 is 12.8 Å². The van der Waals surface area contributed by atoms with E-state index < -0.39 is 15.8 Å². The summed E-state index contributed by atoms with van der Waals surface area (Å²) >= 11 is 7.32. The molecule has 0 saturated carbocycles. The second-order valence-corrected chi connectivity index (χ2v) is 10.2. The lowest BCUT2D eigenvalue weighted by Gasteiger charge is -2.33. The van der Waals surface area contributed by atoms with E-state index in [1.807, 2.05) is 5.38 Å². The van der Waals surface area contributed by atoms with E-state index in [1.165, 1.54) is 15.9 Å². The first kappa shape index (κ1) is 21.2. The molecule has 0 atom stereocenters. The molecule has 158 valence electrons. The maximum absolute atomic E-state index is 13.4. The molecule has 1 aliphatic rings. The van der Waals surface area contributed by atoms with E-state index in [0.29, 0.717) is 26.2 Å². The molecule has 9 heteroatoms. The van der Waals surface area contributed by atoms with Gasteiger partial charge in [0.05, 0.1) is 15.6 Å². The summed E-state index contributed by atoms with van der Waals surface area (Å²) < 4.78 is 40.5. The van der Waals surface area contributed by atoms with Crippen molar-refractivity contribution in [2.45, 2.75) is 18.2 Å². The number of rotatable bonds is 5. The molecule has 2 aromatic carbocycles. The van der Waals surface area contributed by atoms with Crippen LogP contribution in [0.5, 0.6) is 0 Å². The lowest BCUT2D eigenvalue weighted by atomic mass is 10.1. The van der Waals surface area contributed by atoms with E-state index in [-0.39, 0.29) is 9.92 Å². The molecule has 0 amide bonds. The zero-order valence-corrected chi connectivity index (χ0v) is 18.8. The van der Waals surface area contributed by atoms with Crippen LogP contribution in [0.4, 0.5) is 9.52 Å². The molecule has 1 fully saturated rings. The van der Waals surface area contributed by atoms with Gasteiger partial charge in [0, 0.05) is 37.1 Å². The highest BCUT2D eigenvalue weighted by Crippen LogP contribution is 2.29. The molecular formula is C21H21ClFN3O2S2. The van der Waals surface area contributed by atoms with E-state index >= 15 is 0 Å². The average molecular weight is 466 g/mol. The first-order chi connectivity index (χ1) is 14.4. The Morgan fingerprint density at radius 3 is 2.43 bits per heavy atom. The zero-order chi connectivity index (χ0) is 21.3.